The number of fused-ring (bicyclic) bond motifs is 2. The van der Waals surface area contributed by atoms with Gasteiger partial charge in [0.05, 0.1) is 4.90 Å². The Kier molecular flexibility index (Phi) is 4.61. The van der Waals surface area contributed by atoms with Crippen molar-refractivity contribution in [3.63, 3.8) is 0 Å². The van der Waals surface area contributed by atoms with Crippen LogP contribution in [-0.2, 0) is 10.0 Å². The van der Waals surface area contributed by atoms with Gasteiger partial charge in [0.25, 0.3) is 10.0 Å². The largest absolute Gasteiger partial charge is 0.352 e. The van der Waals surface area contributed by atoms with Crippen LogP contribution in [0, 0.1) is 10.8 Å². The molecule has 4 nitrogen and oxygen atoms in total. The second-order valence-corrected chi connectivity index (χ2v) is 11.0. The van der Waals surface area contributed by atoms with Crippen molar-refractivity contribution in [2.24, 2.45) is 15.2 Å². The van der Waals surface area contributed by atoms with Crippen molar-refractivity contribution in [2.75, 3.05) is 6.54 Å². The Bertz CT molecular complexity index is 984. The third kappa shape index (κ3) is 3.72. The Balaban J connectivity index is 1.80. The quantitative estimate of drug-likeness (QED) is 0.557. The molecule has 1 saturated heterocycles. The first kappa shape index (κ1) is 19.2. The molecular weight excluding hydrogens is 368 g/mol. The Morgan fingerprint density at radius 3 is 2.21 bits per heavy atom. The van der Waals surface area contributed by atoms with Crippen molar-refractivity contribution in [2.45, 2.75) is 51.0 Å². The molecule has 2 aromatic rings. The molecule has 0 unspecified atom stereocenters. The van der Waals surface area contributed by atoms with Gasteiger partial charge in [-0.25, -0.2) is 0 Å². The van der Waals surface area contributed by atoms with Gasteiger partial charge in [0.2, 0.25) is 0 Å². The first-order chi connectivity index (χ1) is 13.2. The number of benzene rings is 2. The highest BCUT2D eigenvalue weighted by atomic mass is 32.2. The van der Waals surface area contributed by atoms with Gasteiger partial charge in [0, 0.05) is 18.2 Å². The molecule has 0 radical (unpaired) electrons. The number of amidine groups is 1. The SMILES string of the molecule is CC1(C)C[C@@H]2C[C@](C)(CN2C(=NS(=O)(=O)c2ccccc2)c2ccccc2)C1. The predicted molar refractivity (Wildman–Crippen MR) is 113 cm³/mol. The van der Waals surface area contributed by atoms with Gasteiger partial charge in [0.15, 0.2) is 0 Å². The second kappa shape index (κ2) is 6.73. The number of hydrogen-bond acceptors (Lipinski definition) is 2. The molecule has 2 atom stereocenters. The summed E-state index contributed by atoms with van der Waals surface area (Å²) in [5.41, 5.74) is 1.31. The van der Waals surface area contributed by atoms with Crippen LogP contribution >= 0.6 is 0 Å². The van der Waals surface area contributed by atoms with Crippen molar-refractivity contribution in [3.05, 3.63) is 66.2 Å². The average molecular weight is 397 g/mol. The Morgan fingerprint density at radius 1 is 0.964 bits per heavy atom. The Hall–Kier alpha value is -2.14. The molecule has 148 valence electrons. The van der Waals surface area contributed by atoms with Crippen LogP contribution in [0.25, 0.3) is 0 Å². The fourth-order valence-corrected chi connectivity index (χ4v) is 6.37. The van der Waals surface area contributed by atoms with E-state index in [0.717, 1.165) is 31.4 Å². The Labute approximate surface area is 168 Å². The number of likely N-dealkylation sites (tertiary alicyclic amines) is 1. The standard InChI is InChI=1S/C23H28N2O2S/c1-22(2)14-19-15-23(3,16-22)17-25(19)21(18-10-6-4-7-11-18)24-28(26,27)20-12-8-5-9-13-20/h4-13,19H,14-17H2,1-3H3/t19-,23+/m1/s1. The van der Waals surface area contributed by atoms with E-state index in [2.05, 4.69) is 30.1 Å². The molecule has 0 aromatic heterocycles. The topological polar surface area (TPSA) is 49.7 Å². The molecule has 2 bridgehead atoms. The smallest absolute Gasteiger partial charge is 0.284 e. The molecule has 1 heterocycles. The van der Waals surface area contributed by atoms with Crippen LogP contribution in [-0.4, -0.2) is 31.7 Å². The van der Waals surface area contributed by atoms with Gasteiger partial charge in [0.1, 0.15) is 5.84 Å². The summed E-state index contributed by atoms with van der Waals surface area (Å²) in [5.74, 6) is 0.580. The number of nitrogens with zero attached hydrogens (tertiary/aromatic N) is 2. The fraction of sp³-hybridized carbons (Fsp3) is 0.435. The zero-order valence-corrected chi connectivity index (χ0v) is 17.6. The summed E-state index contributed by atoms with van der Waals surface area (Å²) in [4.78, 5) is 2.49. The van der Waals surface area contributed by atoms with E-state index in [0.29, 0.717) is 11.9 Å². The van der Waals surface area contributed by atoms with Crippen LogP contribution in [0.2, 0.25) is 0 Å². The normalized spacial score (nSPS) is 27.0. The molecule has 28 heavy (non-hydrogen) atoms. The predicted octanol–water partition coefficient (Wildman–Crippen LogP) is 4.72. The monoisotopic (exact) mass is 396 g/mol. The highest BCUT2D eigenvalue weighted by Gasteiger charge is 2.50. The Morgan fingerprint density at radius 2 is 1.57 bits per heavy atom. The van der Waals surface area contributed by atoms with Crippen LogP contribution in [0.3, 0.4) is 0 Å². The van der Waals surface area contributed by atoms with Crippen LogP contribution in [0.1, 0.15) is 45.6 Å². The van der Waals surface area contributed by atoms with Crippen molar-refractivity contribution in [1.82, 2.24) is 4.90 Å². The van der Waals surface area contributed by atoms with E-state index in [-0.39, 0.29) is 15.7 Å². The lowest BCUT2D eigenvalue weighted by atomic mass is 9.65. The van der Waals surface area contributed by atoms with Crippen LogP contribution < -0.4 is 0 Å². The van der Waals surface area contributed by atoms with Crippen LogP contribution in [0.4, 0.5) is 0 Å². The van der Waals surface area contributed by atoms with Gasteiger partial charge in [-0.3, -0.25) is 0 Å². The van der Waals surface area contributed by atoms with Crippen LogP contribution in [0.5, 0.6) is 0 Å². The maximum absolute atomic E-state index is 13.1. The van der Waals surface area contributed by atoms with Crippen molar-refractivity contribution >= 4 is 15.9 Å². The minimum Gasteiger partial charge on any atom is -0.352 e. The zero-order chi connectivity index (χ0) is 20.0. The molecule has 0 amide bonds. The summed E-state index contributed by atoms with van der Waals surface area (Å²) < 4.78 is 30.5. The summed E-state index contributed by atoms with van der Waals surface area (Å²) in [5, 5.41) is 0. The van der Waals surface area contributed by atoms with Crippen molar-refractivity contribution < 1.29 is 8.42 Å². The van der Waals surface area contributed by atoms with Gasteiger partial charge < -0.3 is 4.90 Å². The van der Waals surface area contributed by atoms with Crippen molar-refractivity contribution in [3.8, 4) is 0 Å². The molecule has 1 aliphatic carbocycles. The van der Waals surface area contributed by atoms with E-state index < -0.39 is 10.0 Å². The van der Waals surface area contributed by atoms with Gasteiger partial charge in [-0.15, -0.1) is 4.40 Å². The summed E-state index contributed by atoms with van der Waals surface area (Å²) in [6.45, 7) is 7.82. The molecular formula is C23H28N2O2S. The van der Waals surface area contributed by atoms with Crippen LogP contribution in [0.15, 0.2) is 70.0 Å². The number of hydrogen-bond donors (Lipinski definition) is 0. The molecule has 5 heteroatoms. The van der Waals surface area contributed by atoms with Gasteiger partial charge >= 0.3 is 0 Å². The highest BCUT2D eigenvalue weighted by Crippen LogP contribution is 2.52. The summed E-state index contributed by atoms with van der Waals surface area (Å²) in [6.07, 6.45) is 3.30. The molecule has 0 spiro atoms. The molecule has 2 fully saturated rings. The molecule has 4 rings (SSSR count). The van der Waals surface area contributed by atoms with E-state index in [1.807, 2.05) is 36.4 Å². The minimum atomic E-state index is -3.78. The summed E-state index contributed by atoms with van der Waals surface area (Å²) >= 11 is 0. The first-order valence-corrected chi connectivity index (χ1v) is 11.3. The number of rotatable bonds is 3. The van der Waals surface area contributed by atoms with E-state index in [4.69, 9.17) is 0 Å². The molecule has 1 aliphatic heterocycles. The van der Waals surface area contributed by atoms with E-state index in [1.54, 1.807) is 24.3 Å². The number of sulfonamides is 1. The average Bonchev–Trinajstić information content (AvgIpc) is 2.90. The third-order valence-corrected chi connectivity index (χ3v) is 7.25. The molecule has 1 saturated carbocycles. The van der Waals surface area contributed by atoms with E-state index in [1.165, 1.54) is 0 Å². The molecule has 2 aromatic carbocycles. The summed E-state index contributed by atoms with van der Waals surface area (Å²) in [7, 11) is -3.78. The zero-order valence-electron chi connectivity index (χ0n) is 16.8. The summed E-state index contributed by atoms with van der Waals surface area (Å²) in [6, 6.07) is 18.5. The second-order valence-electron chi connectivity index (χ2n) is 9.41. The lowest BCUT2D eigenvalue weighted by molar-refractivity contribution is 0.132. The molecule has 2 aliphatic rings. The van der Waals surface area contributed by atoms with E-state index >= 15 is 0 Å². The minimum absolute atomic E-state index is 0.193. The first-order valence-electron chi connectivity index (χ1n) is 9.90. The fourth-order valence-electron chi connectivity index (χ4n) is 5.32. The third-order valence-electron chi connectivity index (χ3n) is 5.97. The lowest BCUT2D eigenvalue weighted by Crippen LogP contribution is -2.38. The molecule has 0 N–H and O–H groups in total. The van der Waals surface area contributed by atoms with Gasteiger partial charge in [-0.1, -0.05) is 69.3 Å². The van der Waals surface area contributed by atoms with Crippen molar-refractivity contribution in [1.29, 1.82) is 0 Å². The highest BCUT2D eigenvalue weighted by molar-refractivity contribution is 7.90. The maximum atomic E-state index is 13.1. The van der Waals surface area contributed by atoms with Gasteiger partial charge in [-0.05, 0) is 42.2 Å². The maximum Gasteiger partial charge on any atom is 0.284 e. The lowest BCUT2D eigenvalue weighted by Gasteiger charge is -2.39. The van der Waals surface area contributed by atoms with Gasteiger partial charge in [-0.2, -0.15) is 8.42 Å². The van der Waals surface area contributed by atoms with E-state index in [9.17, 15) is 8.42 Å².